The highest BCUT2D eigenvalue weighted by molar-refractivity contribution is 7.88. The van der Waals surface area contributed by atoms with Gasteiger partial charge in [0.1, 0.15) is 5.82 Å². The molecule has 1 aliphatic carbocycles. The summed E-state index contributed by atoms with van der Waals surface area (Å²) in [6.45, 7) is 4.64. The lowest BCUT2D eigenvalue weighted by Crippen LogP contribution is -2.48. The largest absolute Gasteiger partial charge is 0.393 e. The number of hydrogen-bond donors (Lipinski definition) is 2. The van der Waals surface area contributed by atoms with E-state index in [1.807, 2.05) is 23.7 Å². The minimum Gasteiger partial charge on any atom is -0.393 e. The molecule has 1 saturated carbocycles. The van der Waals surface area contributed by atoms with E-state index in [0.717, 1.165) is 53.8 Å². The van der Waals surface area contributed by atoms with E-state index < -0.39 is 10.0 Å². The molecule has 2 N–H and O–H groups in total. The van der Waals surface area contributed by atoms with Crippen molar-refractivity contribution < 1.29 is 18.3 Å². The number of aliphatic hydroxyl groups excluding tert-OH is 1. The van der Waals surface area contributed by atoms with Crippen LogP contribution in [0.1, 0.15) is 44.2 Å². The average Bonchev–Trinajstić information content (AvgIpc) is 3.28. The van der Waals surface area contributed by atoms with E-state index in [1.165, 1.54) is 10.6 Å². The SMILES string of the molecule is COC[C@H](C)Nc1ncc2c(-c3ccnc(N4CCN(S(C)(=O)=O)CC4)c3)cc(C3CCC(O)CC3)n2n1. The first-order chi connectivity index (χ1) is 18.2. The highest BCUT2D eigenvalue weighted by Crippen LogP contribution is 2.38. The summed E-state index contributed by atoms with van der Waals surface area (Å²) in [6, 6.07) is 6.32. The van der Waals surface area contributed by atoms with Gasteiger partial charge in [0.15, 0.2) is 0 Å². The van der Waals surface area contributed by atoms with Crippen molar-refractivity contribution in [3.05, 3.63) is 36.3 Å². The fourth-order valence-corrected chi connectivity index (χ4v) is 6.32. The van der Waals surface area contributed by atoms with Crippen LogP contribution in [0, 0.1) is 0 Å². The molecule has 0 amide bonds. The fraction of sp³-hybridized carbons (Fsp3) is 0.577. The van der Waals surface area contributed by atoms with E-state index >= 15 is 0 Å². The summed E-state index contributed by atoms with van der Waals surface area (Å²) in [7, 11) is -1.52. The smallest absolute Gasteiger partial charge is 0.241 e. The van der Waals surface area contributed by atoms with E-state index in [9.17, 15) is 13.5 Å². The van der Waals surface area contributed by atoms with Crippen LogP contribution in [0.3, 0.4) is 0 Å². The zero-order valence-corrected chi connectivity index (χ0v) is 23.1. The normalized spacial score (nSPS) is 22.1. The lowest BCUT2D eigenvalue weighted by atomic mass is 9.85. The Bertz CT molecular complexity index is 1360. The van der Waals surface area contributed by atoms with E-state index in [2.05, 4.69) is 32.3 Å². The van der Waals surface area contributed by atoms with Crippen LogP contribution < -0.4 is 10.2 Å². The molecule has 12 heteroatoms. The molecule has 5 rings (SSSR count). The number of sulfonamides is 1. The van der Waals surface area contributed by atoms with Gasteiger partial charge in [0.2, 0.25) is 16.0 Å². The first kappa shape index (κ1) is 26.8. The summed E-state index contributed by atoms with van der Waals surface area (Å²) in [5.41, 5.74) is 4.07. The molecule has 2 fully saturated rings. The molecule has 0 bridgehead atoms. The van der Waals surface area contributed by atoms with Gasteiger partial charge in [-0.25, -0.2) is 22.9 Å². The molecular formula is C26H37N7O4S. The second-order valence-corrected chi connectivity index (χ2v) is 12.4. The molecule has 1 atom stereocenters. The maximum Gasteiger partial charge on any atom is 0.241 e. The van der Waals surface area contributed by atoms with Crippen LogP contribution in [0.25, 0.3) is 16.6 Å². The third kappa shape index (κ3) is 5.78. The molecule has 3 aromatic heterocycles. The Hall–Kier alpha value is -2.80. The molecule has 0 spiro atoms. The summed E-state index contributed by atoms with van der Waals surface area (Å²) in [4.78, 5) is 11.3. The topological polar surface area (TPSA) is 125 Å². The molecule has 4 heterocycles. The van der Waals surface area contributed by atoms with E-state index in [1.54, 1.807) is 13.3 Å². The molecule has 11 nitrogen and oxygen atoms in total. The summed E-state index contributed by atoms with van der Waals surface area (Å²) in [6.07, 6.45) is 8.07. The van der Waals surface area contributed by atoms with E-state index in [0.29, 0.717) is 44.7 Å². The van der Waals surface area contributed by atoms with Gasteiger partial charge in [-0.15, -0.1) is 5.10 Å². The predicted molar refractivity (Wildman–Crippen MR) is 147 cm³/mol. The van der Waals surface area contributed by atoms with Gasteiger partial charge in [0, 0.05) is 62.7 Å². The van der Waals surface area contributed by atoms with E-state index in [-0.39, 0.29) is 12.1 Å². The number of nitrogens with one attached hydrogen (secondary N) is 1. The van der Waals surface area contributed by atoms with Crippen molar-refractivity contribution in [1.29, 1.82) is 0 Å². The summed E-state index contributed by atoms with van der Waals surface area (Å²) < 4.78 is 32.6. The second kappa shape index (κ2) is 11.1. The van der Waals surface area contributed by atoms with Crippen LogP contribution in [-0.4, -0.2) is 95.7 Å². The lowest BCUT2D eigenvalue weighted by Gasteiger charge is -2.34. The quantitative estimate of drug-likeness (QED) is 0.440. The zero-order valence-electron chi connectivity index (χ0n) is 22.2. The monoisotopic (exact) mass is 543 g/mol. The molecule has 0 radical (unpaired) electrons. The van der Waals surface area contributed by atoms with Gasteiger partial charge < -0.3 is 20.1 Å². The maximum absolute atomic E-state index is 11.9. The van der Waals surface area contributed by atoms with Crippen LogP contribution in [0.2, 0.25) is 0 Å². The number of aliphatic hydroxyl groups is 1. The third-order valence-electron chi connectivity index (χ3n) is 7.54. The molecule has 1 aliphatic heterocycles. The van der Waals surface area contributed by atoms with Gasteiger partial charge in [-0.05, 0) is 56.4 Å². The van der Waals surface area contributed by atoms with Crippen molar-refractivity contribution in [3.63, 3.8) is 0 Å². The van der Waals surface area contributed by atoms with E-state index in [4.69, 9.17) is 9.84 Å². The number of pyridine rings is 1. The Labute approximate surface area is 223 Å². The zero-order chi connectivity index (χ0) is 26.9. The number of nitrogens with zero attached hydrogens (tertiary/aromatic N) is 6. The van der Waals surface area contributed by atoms with Gasteiger partial charge in [-0.1, -0.05) is 0 Å². The van der Waals surface area contributed by atoms with Crippen molar-refractivity contribution in [2.24, 2.45) is 0 Å². The number of ether oxygens (including phenoxy) is 1. The van der Waals surface area contributed by atoms with Crippen molar-refractivity contribution in [2.75, 3.05) is 56.4 Å². The summed E-state index contributed by atoms with van der Waals surface area (Å²) in [5, 5.41) is 18.3. The summed E-state index contributed by atoms with van der Waals surface area (Å²) >= 11 is 0. The third-order valence-corrected chi connectivity index (χ3v) is 8.84. The number of fused-ring (bicyclic) bond motifs is 1. The van der Waals surface area contributed by atoms with Crippen LogP contribution >= 0.6 is 0 Å². The molecule has 2 aliphatic rings. The van der Waals surface area contributed by atoms with Gasteiger partial charge in [-0.2, -0.15) is 4.31 Å². The minimum atomic E-state index is -3.19. The first-order valence-corrected chi connectivity index (χ1v) is 15.1. The number of rotatable bonds is 8. The predicted octanol–water partition coefficient (Wildman–Crippen LogP) is 2.34. The van der Waals surface area contributed by atoms with Gasteiger partial charge in [0.05, 0.1) is 30.7 Å². The Kier molecular flexibility index (Phi) is 7.85. The number of aromatic nitrogens is 4. The standard InChI is InChI=1S/C26H37N7O4S/c1-18(17-37-2)29-26-28-16-24-22(15-23(33(24)30-26)19-4-6-21(34)7-5-19)20-8-9-27-25(14-20)31-10-12-32(13-11-31)38(3,35)36/h8-9,14-16,18-19,21,34H,4-7,10-13,17H2,1-3H3,(H,29,30)/t18-,19?,21?/m0/s1. The molecule has 38 heavy (non-hydrogen) atoms. The highest BCUT2D eigenvalue weighted by atomic mass is 32.2. The summed E-state index contributed by atoms with van der Waals surface area (Å²) in [5.74, 6) is 1.66. The molecule has 0 unspecified atom stereocenters. The molecular weight excluding hydrogens is 506 g/mol. The van der Waals surface area contributed by atoms with Crippen molar-refractivity contribution in [3.8, 4) is 11.1 Å². The Balaban J connectivity index is 1.48. The van der Waals surface area contributed by atoms with Crippen LogP contribution in [0.4, 0.5) is 11.8 Å². The number of anilines is 2. The molecule has 3 aromatic rings. The Morgan fingerprint density at radius 1 is 1.13 bits per heavy atom. The van der Waals surface area contributed by atoms with Gasteiger partial charge >= 0.3 is 0 Å². The highest BCUT2D eigenvalue weighted by Gasteiger charge is 2.27. The number of piperazine rings is 1. The molecule has 206 valence electrons. The van der Waals surface area contributed by atoms with Gasteiger partial charge in [0.25, 0.3) is 0 Å². The van der Waals surface area contributed by atoms with Crippen LogP contribution in [0.5, 0.6) is 0 Å². The molecule has 1 saturated heterocycles. The second-order valence-electron chi connectivity index (χ2n) is 10.4. The Morgan fingerprint density at radius 3 is 2.55 bits per heavy atom. The number of methoxy groups -OCH3 is 1. The Morgan fingerprint density at radius 2 is 1.87 bits per heavy atom. The van der Waals surface area contributed by atoms with Crippen LogP contribution in [0.15, 0.2) is 30.6 Å². The number of hydrogen-bond acceptors (Lipinski definition) is 9. The lowest BCUT2D eigenvalue weighted by molar-refractivity contribution is 0.121. The molecule has 0 aromatic carbocycles. The average molecular weight is 544 g/mol. The van der Waals surface area contributed by atoms with Crippen molar-refractivity contribution >= 4 is 27.3 Å². The fourth-order valence-electron chi connectivity index (χ4n) is 5.49. The first-order valence-electron chi connectivity index (χ1n) is 13.2. The van der Waals surface area contributed by atoms with Crippen molar-refractivity contribution in [1.82, 2.24) is 23.9 Å². The maximum atomic E-state index is 11.9. The van der Waals surface area contributed by atoms with Crippen LogP contribution in [-0.2, 0) is 14.8 Å². The van der Waals surface area contributed by atoms with Crippen molar-refractivity contribution in [2.45, 2.75) is 50.7 Å². The minimum absolute atomic E-state index is 0.0617. The van der Waals surface area contributed by atoms with Gasteiger partial charge in [-0.3, -0.25) is 0 Å².